The van der Waals surface area contributed by atoms with Crippen LogP contribution in [0.4, 0.5) is 0 Å². The van der Waals surface area contributed by atoms with Crippen molar-refractivity contribution in [3.05, 3.63) is 59.7 Å². The van der Waals surface area contributed by atoms with Crippen molar-refractivity contribution < 1.29 is 13.5 Å². The van der Waals surface area contributed by atoms with Crippen molar-refractivity contribution in [1.29, 1.82) is 0 Å². The zero-order valence-electron chi connectivity index (χ0n) is 9.31. The van der Waals surface area contributed by atoms with E-state index in [1.54, 1.807) is 0 Å². The molecule has 3 heteroatoms. The van der Waals surface area contributed by atoms with E-state index in [0.717, 1.165) is 5.56 Å². The quantitative estimate of drug-likeness (QED) is 0.685. The summed E-state index contributed by atoms with van der Waals surface area (Å²) in [5, 5.41) is 0. The van der Waals surface area contributed by atoms with Crippen molar-refractivity contribution in [3.63, 3.8) is 0 Å². The second kappa shape index (κ2) is 5.91. The van der Waals surface area contributed by atoms with Crippen molar-refractivity contribution in [2.24, 2.45) is 0 Å². The van der Waals surface area contributed by atoms with Crippen molar-refractivity contribution in [1.82, 2.24) is 0 Å². The van der Waals surface area contributed by atoms with Gasteiger partial charge in [-0.15, -0.1) is 0 Å². The number of hydrogen-bond acceptors (Lipinski definition) is 0. The summed E-state index contributed by atoms with van der Waals surface area (Å²) in [5.74, 6) is 0. The van der Waals surface area contributed by atoms with Crippen LogP contribution in [0.1, 0.15) is 11.1 Å². The summed E-state index contributed by atoms with van der Waals surface area (Å²) in [4.78, 5) is 0. The molecule has 0 aliphatic carbocycles. The van der Waals surface area contributed by atoms with Crippen LogP contribution in [0.5, 0.6) is 0 Å². The summed E-state index contributed by atoms with van der Waals surface area (Å²) in [7, 11) is 11.9. The monoisotopic (exact) mass is 352 g/mol. The Labute approximate surface area is 115 Å². The molecule has 0 aromatic heterocycles. The fourth-order valence-electron chi connectivity index (χ4n) is 1.78. The van der Waals surface area contributed by atoms with Crippen molar-refractivity contribution in [2.45, 2.75) is 6.92 Å². The van der Waals surface area contributed by atoms with E-state index in [2.05, 4.69) is 31.2 Å². The molecule has 17 heavy (non-hydrogen) atoms. The molecule has 0 N–H and O–H groups in total. The van der Waals surface area contributed by atoms with Gasteiger partial charge in [-0.3, -0.25) is 0 Å². The predicted octanol–water partition coefficient (Wildman–Crippen LogP) is 4.74. The molecule has 0 radical (unpaired) electrons. The normalized spacial score (nSPS) is 11.1. The van der Waals surface area contributed by atoms with Crippen LogP contribution < -0.4 is 0 Å². The molecule has 0 aliphatic rings. The fraction of sp³-hybridized carbons (Fsp3) is 0.0714. The molecule has 0 fully saturated rings. The zero-order chi connectivity index (χ0) is 12.3. The third-order valence-electron chi connectivity index (χ3n) is 2.65. The van der Waals surface area contributed by atoms with Gasteiger partial charge >= 0.3 is 115 Å². The van der Waals surface area contributed by atoms with Gasteiger partial charge in [0.05, 0.1) is 0 Å². The van der Waals surface area contributed by atoms with Gasteiger partial charge in [0.25, 0.3) is 0 Å². The van der Waals surface area contributed by atoms with Gasteiger partial charge in [-0.25, -0.2) is 0 Å². The van der Waals surface area contributed by atoms with Crippen LogP contribution in [-0.2, 0) is 13.5 Å². The van der Waals surface area contributed by atoms with Crippen LogP contribution in [0.15, 0.2) is 48.5 Å². The first-order valence-corrected chi connectivity index (χ1v) is 10.6. The first-order chi connectivity index (χ1) is 8.18. The van der Waals surface area contributed by atoms with E-state index >= 15 is 0 Å². The van der Waals surface area contributed by atoms with Gasteiger partial charge in [0, 0.05) is 0 Å². The van der Waals surface area contributed by atoms with Crippen molar-refractivity contribution >= 4 is 24.0 Å². The van der Waals surface area contributed by atoms with E-state index in [0.29, 0.717) is 0 Å². The van der Waals surface area contributed by atoms with E-state index in [1.807, 2.05) is 28.9 Å². The average Bonchev–Trinajstić information content (AvgIpc) is 2.32. The summed E-state index contributed by atoms with van der Waals surface area (Å²) < 4.78 is 2.00. The van der Waals surface area contributed by atoms with Crippen LogP contribution in [0, 0.1) is 6.92 Å². The molecule has 2 aromatic carbocycles. The second-order valence-electron chi connectivity index (χ2n) is 3.69. The molecule has 0 saturated heterocycles. The first-order valence-electron chi connectivity index (χ1n) is 5.16. The van der Waals surface area contributed by atoms with E-state index < -0.39 is 13.5 Å². The van der Waals surface area contributed by atoms with Crippen LogP contribution in [-0.4, -0.2) is 4.61 Å². The Morgan fingerprint density at radius 2 is 1.65 bits per heavy atom. The number of hydrogen-bond donors (Lipinski definition) is 0. The molecular weight excluding hydrogens is 340 g/mol. The summed E-state index contributed by atoms with van der Waals surface area (Å²) in [5.41, 5.74) is 4.85. The molecule has 0 atom stereocenters. The van der Waals surface area contributed by atoms with Crippen LogP contribution in [0.25, 0.3) is 11.1 Å². The van der Waals surface area contributed by atoms with Gasteiger partial charge in [0.1, 0.15) is 0 Å². The van der Waals surface area contributed by atoms with Gasteiger partial charge in [0.15, 0.2) is 0 Å². The Balaban J connectivity index is 2.54. The summed E-state index contributed by atoms with van der Waals surface area (Å²) in [6, 6.07) is 16.6. The van der Waals surface area contributed by atoms with Crippen LogP contribution >= 0.6 is 19.4 Å². The minimum absolute atomic E-state index is 1.15. The Morgan fingerprint density at radius 3 is 2.29 bits per heavy atom. The van der Waals surface area contributed by atoms with Crippen molar-refractivity contribution in [2.75, 3.05) is 0 Å². The van der Waals surface area contributed by atoms with Gasteiger partial charge in [-0.05, 0) is 0 Å². The van der Waals surface area contributed by atoms with Gasteiger partial charge < -0.3 is 0 Å². The Kier molecular flexibility index (Phi) is 4.50. The number of benzene rings is 2. The topological polar surface area (TPSA) is 0 Å². The molecule has 2 aromatic rings. The van der Waals surface area contributed by atoms with Crippen LogP contribution in [0.2, 0.25) is 0 Å². The van der Waals surface area contributed by atoms with Gasteiger partial charge in [0.2, 0.25) is 0 Å². The van der Waals surface area contributed by atoms with E-state index in [9.17, 15) is 0 Å². The predicted molar refractivity (Wildman–Crippen MR) is 73.5 cm³/mol. The third kappa shape index (κ3) is 3.25. The SMILES string of the molecule is Cc1c([CH]=[Ru]([Cl])[Cl])cccc1-c1ccccc1. The Bertz CT molecular complexity index is 543. The molecule has 0 heterocycles. The minimum atomic E-state index is -1.76. The molecule has 0 spiro atoms. The first kappa shape index (κ1) is 13.0. The second-order valence-corrected chi connectivity index (χ2v) is 9.42. The molecule has 0 aliphatic heterocycles. The molecule has 0 amide bonds. The molecule has 0 bridgehead atoms. The van der Waals surface area contributed by atoms with E-state index in [1.165, 1.54) is 16.7 Å². The van der Waals surface area contributed by atoms with Gasteiger partial charge in [-0.1, -0.05) is 0 Å². The number of rotatable bonds is 2. The molecular formula is C14H12Cl2Ru. The summed E-state index contributed by atoms with van der Waals surface area (Å²) >= 11 is -1.76. The third-order valence-corrected chi connectivity index (χ3v) is 4.48. The summed E-state index contributed by atoms with van der Waals surface area (Å²) in [6.07, 6.45) is 0. The molecule has 0 unspecified atom stereocenters. The van der Waals surface area contributed by atoms with E-state index in [4.69, 9.17) is 19.4 Å². The molecule has 0 saturated carbocycles. The molecule has 0 nitrogen and oxygen atoms in total. The maximum atomic E-state index is 5.94. The molecule has 2 rings (SSSR count). The summed E-state index contributed by atoms with van der Waals surface area (Å²) in [6.45, 7) is 2.11. The standard InChI is InChI=1S/C14H12.2ClH.Ru/c1-11-7-6-10-14(12(11)2)13-8-4-3-5-9-13;;;/h1,3-10H,2H3;2*1H;/q;;;+2/p-2. The zero-order valence-corrected chi connectivity index (χ0v) is 12.6. The Hall–Kier alpha value is -0.487. The van der Waals surface area contributed by atoms with E-state index in [-0.39, 0.29) is 0 Å². The maximum absolute atomic E-state index is 5.94. The van der Waals surface area contributed by atoms with Crippen molar-refractivity contribution in [3.8, 4) is 11.1 Å². The fourth-order valence-corrected chi connectivity index (χ4v) is 3.71. The van der Waals surface area contributed by atoms with Gasteiger partial charge in [-0.2, -0.15) is 0 Å². The molecule has 90 valence electrons. The Morgan fingerprint density at radius 1 is 0.941 bits per heavy atom. The van der Waals surface area contributed by atoms with Crippen LogP contribution in [0.3, 0.4) is 0 Å². The number of halogens is 2. The average molecular weight is 352 g/mol.